The molecule has 4 heteroatoms. The maximum Gasteiger partial charge on any atom is 0.407 e. The Hall–Kier alpha value is -1.29. The summed E-state index contributed by atoms with van der Waals surface area (Å²) in [6, 6.07) is 0. The zero-order valence-corrected chi connectivity index (χ0v) is 15.7. The van der Waals surface area contributed by atoms with Gasteiger partial charge in [-0.2, -0.15) is 0 Å². The van der Waals surface area contributed by atoms with Crippen molar-refractivity contribution < 1.29 is 14.6 Å². The molecule has 0 aromatic carbocycles. The summed E-state index contributed by atoms with van der Waals surface area (Å²) in [6.07, 6.45) is 7.14. The molecule has 0 bridgehead atoms. The standard InChI is InChI=1S/C21H31NO3/c1-6-13-8-9-14(7-2)21(13,24)12-22-17(23)25-16-10-15-11-18(3)19(15,4)20(16,18)5/h6-7,13-16,24H,1-2,8-12H2,3-5H3,(H,22,23). The Morgan fingerprint density at radius 1 is 1.20 bits per heavy atom. The first-order chi connectivity index (χ1) is 11.7. The quantitative estimate of drug-likeness (QED) is 0.748. The van der Waals surface area contributed by atoms with Gasteiger partial charge < -0.3 is 15.2 Å². The highest BCUT2D eigenvalue weighted by molar-refractivity contribution is 5.68. The van der Waals surface area contributed by atoms with Gasteiger partial charge in [-0.15, -0.1) is 13.2 Å². The van der Waals surface area contributed by atoms with Crippen molar-refractivity contribution in [1.82, 2.24) is 5.32 Å². The second-order valence-electron chi connectivity index (χ2n) is 9.37. The Bertz CT molecular complexity index is 629. The van der Waals surface area contributed by atoms with Crippen molar-refractivity contribution in [3.05, 3.63) is 25.3 Å². The van der Waals surface area contributed by atoms with Crippen LogP contribution in [0.2, 0.25) is 0 Å². The topological polar surface area (TPSA) is 58.6 Å². The molecular weight excluding hydrogens is 314 g/mol. The highest BCUT2D eigenvalue weighted by Crippen LogP contribution is 2.96. The van der Waals surface area contributed by atoms with E-state index in [0.717, 1.165) is 19.3 Å². The predicted molar refractivity (Wildman–Crippen MR) is 96.9 cm³/mol. The Labute approximate surface area is 150 Å². The van der Waals surface area contributed by atoms with Gasteiger partial charge in [-0.05, 0) is 42.4 Å². The van der Waals surface area contributed by atoms with E-state index in [4.69, 9.17) is 4.74 Å². The monoisotopic (exact) mass is 345 g/mol. The van der Waals surface area contributed by atoms with Gasteiger partial charge >= 0.3 is 6.09 Å². The van der Waals surface area contributed by atoms with Crippen LogP contribution in [0.25, 0.3) is 0 Å². The van der Waals surface area contributed by atoms with E-state index in [-0.39, 0.29) is 29.9 Å². The lowest BCUT2D eigenvalue weighted by Gasteiger charge is -2.41. The normalized spacial score (nSPS) is 55.0. The maximum atomic E-state index is 12.4. The van der Waals surface area contributed by atoms with Crippen LogP contribution in [0.4, 0.5) is 4.79 Å². The van der Waals surface area contributed by atoms with Gasteiger partial charge in [0.25, 0.3) is 0 Å². The fourth-order valence-electron chi connectivity index (χ4n) is 7.25. The van der Waals surface area contributed by atoms with Crippen molar-refractivity contribution in [2.24, 2.45) is 34.0 Å². The first kappa shape index (κ1) is 17.1. The molecule has 0 aromatic rings. The Morgan fingerprint density at radius 3 is 2.28 bits per heavy atom. The van der Waals surface area contributed by atoms with Crippen molar-refractivity contribution in [1.29, 1.82) is 0 Å². The number of nitrogens with one attached hydrogen (secondary N) is 1. The van der Waals surface area contributed by atoms with Crippen LogP contribution in [0.1, 0.15) is 46.5 Å². The number of carbonyl (C=O) groups excluding carboxylic acids is 1. The molecule has 4 saturated carbocycles. The van der Waals surface area contributed by atoms with Crippen LogP contribution < -0.4 is 5.32 Å². The maximum absolute atomic E-state index is 12.4. The summed E-state index contributed by atoms with van der Waals surface area (Å²) >= 11 is 0. The summed E-state index contributed by atoms with van der Waals surface area (Å²) in [5, 5.41) is 13.9. The fraction of sp³-hybridized carbons (Fsp3) is 0.762. The second-order valence-corrected chi connectivity index (χ2v) is 9.37. The van der Waals surface area contributed by atoms with E-state index in [9.17, 15) is 9.90 Å². The smallest absolute Gasteiger partial charge is 0.407 e. The summed E-state index contributed by atoms with van der Waals surface area (Å²) in [5.74, 6) is 0.630. The Balaban J connectivity index is 1.38. The molecule has 4 aliphatic carbocycles. The average molecular weight is 345 g/mol. The molecule has 0 aromatic heterocycles. The Kier molecular flexibility index (Phi) is 3.36. The molecule has 25 heavy (non-hydrogen) atoms. The third kappa shape index (κ3) is 1.70. The summed E-state index contributed by atoms with van der Waals surface area (Å²) in [7, 11) is 0. The minimum atomic E-state index is -1.01. The van der Waals surface area contributed by atoms with Crippen LogP contribution in [0.3, 0.4) is 0 Å². The number of fused-ring (bicyclic) bond motifs is 1. The molecular formula is C21H31NO3. The van der Waals surface area contributed by atoms with Gasteiger partial charge in [0.05, 0.1) is 12.1 Å². The minimum absolute atomic E-state index is 0.00938. The zero-order valence-electron chi connectivity index (χ0n) is 15.7. The van der Waals surface area contributed by atoms with E-state index in [2.05, 4.69) is 39.2 Å². The summed E-state index contributed by atoms with van der Waals surface area (Å²) < 4.78 is 5.83. The first-order valence-electron chi connectivity index (χ1n) is 9.61. The number of hydrogen-bond acceptors (Lipinski definition) is 3. The van der Waals surface area contributed by atoms with E-state index < -0.39 is 11.7 Å². The van der Waals surface area contributed by atoms with Crippen LogP contribution >= 0.6 is 0 Å². The van der Waals surface area contributed by atoms with Gasteiger partial charge in [-0.25, -0.2) is 4.79 Å². The van der Waals surface area contributed by atoms with Crippen LogP contribution in [0.15, 0.2) is 25.3 Å². The van der Waals surface area contributed by atoms with Crippen molar-refractivity contribution in [3.63, 3.8) is 0 Å². The highest BCUT2D eigenvalue weighted by atomic mass is 16.6. The highest BCUT2D eigenvalue weighted by Gasteiger charge is 2.94. The first-order valence-corrected chi connectivity index (χ1v) is 9.61. The molecule has 7 unspecified atom stereocenters. The second kappa shape index (κ2) is 4.91. The van der Waals surface area contributed by atoms with E-state index >= 15 is 0 Å². The molecule has 1 amide bonds. The van der Waals surface area contributed by atoms with Gasteiger partial charge in [-0.1, -0.05) is 32.9 Å². The van der Waals surface area contributed by atoms with E-state index in [0.29, 0.717) is 16.7 Å². The van der Waals surface area contributed by atoms with Crippen LogP contribution in [0.5, 0.6) is 0 Å². The molecule has 2 N–H and O–H groups in total. The largest absolute Gasteiger partial charge is 0.446 e. The Morgan fingerprint density at radius 2 is 1.80 bits per heavy atom. The molecule has 0 heterocycles. The lowest BCUT2D eigenvalue weighted by Crippen LogP contribution is -2.50. The van der Waals surface area contributed by atoms with Gasteiger partial charge in [0.1, 0.15) is 6.10 Å². The minimum Gasteiger partial charge on any atom is -0.446 e. The summed E-state index contributed by atoms with van der Waals surface area (Å²) in [6.45, 7) is 14.8. The molecule has 0 saturated heterocycles. The molecule has 4 aliphatic rings. The molecule has 0 radical (unpaired) electrons. The lowest BCUT2D eigenvalue weighted by molar-refractivity contribution is -0.0166. The number of ether oxygens (including phenoxy) is 1. The molecule has 138 valence electrons. The lowest BCUT2D eigenvalue weighted by atomic mass is 9.64. The molecule has 4 nitrogen and oxygen atoms in total. The van der Waals surface area contributed by atoms with E-state index in [1.807, 2.05) is 0 Å². The van der Waals surface area contributed by atoms with Crippen LogP contribution in [-0.2, 0) is 4.74 Å². The summed E-state index contributed by atoms with van der Waals surface area (Å²) in [5.41, 5.74) is -0.222. The van der Waals surface area contributed by atoms with Crippen LogP contribution in [-0.4, -0.2) is 29.4 Å². The third-order valence-corrected chi connectivity index (χ3v) is 9.33. The SMILES string of the molecule is C=CC1CCC(C=C)C1(O)CNC(=O)OC1CC2CC3(C)C2(C)C13C. The fourth-order valence-corrected chi connectivity index (χ4v) is 7.25. The van der Waals surface area contributed by atoms with Gasteiger partial charge in [0.15, 0.2) is 0 Å². The number of amides is 1. The predicted octanol–water partition coefficient (Wildman–Crippen LogP) is 3.67. The van der Waals surface area contributed by atoms with E-state index in [1.165, 1.54) is 6.42 Å². The number of aliphatic hydroxyl groups is 1. The van der Waals surface area contributed by atoms with Crippen molar-refractivity contribution in [2.45, 2.75) is 58.2 Å². The van der Waals surface area contributed by atoms with Crippen molar-refractivity contribution in [3.8, 4) is 0 Å². The van der Waals surface area contributed by atoms with Crippen molar-refractivity contribution >= 4 is 6.09 Å². The van der Waals surface area contributed by atoms with Crippen molar-refractivity contribution in [2.75, 3.05) is 6.54 Å². The van der Waals surface area contributed by atoms with Crippen LogP contribution in [0, 0.1) is 34.0 Å². The number of hydrogen-bond donors (Lipinski definition) is 2. The van der Waals surface area contributed by atoms with Gasteiger partial charge in [0, 0.05) is 17.3 Å². The third-order valence-electron chi connectivity index (χ3n) is 9.33. The van der Waals surface area contributed by atoms with E-state index in [1.54, 1.807) is 12.2 Å². The average Bonchev–Trinajstić information content (AvgIpc) is 2.86. The molecule has 7 atom stereocenters. The molecule has 4 fully saturated rings. The molecule has 0 aliphatic heterocycles. The van der Waals surface area contributed by atoms with Gasteiger partial charge in [0.2, 0.25) is 0 Å². The zero-order chi connectivity index (χ0) is 18.3. The number of carbonyl (C=O) groups is 1. The molecule has 4 rings (SSSR count). The van der Waals surface area contributed by atoms with Gasteiger partial charge in [-0.3, -0.25) is 0 Å². The number of rotatable bonds is 5. The molecule has 0 spiro atoms. The summed E-state index contributed by atoms with van der Waals surface area (Å²) in [4.78, 5) is 12.4. The number of alkyl carbamates (subject to hydrolysis) is 1.